The fourth-order valence-corrected chi connectivity index (χ4v) is 1.57. The normalized spacial score (nSPS) is 8.87. The monoisotopic (exact) mass is 398 g/mol. The average molecular weight is 400 g/mol. The molecule has 0 aliphatic rings. The van der Waals surface area contributed by atoms with E-state index in [1.807, 2.05) is 0 Å². The van der Waals surface area contributed by atoms with Crippen LogP contribution in [-0.4, -0.2) is 38.7 Å². The van der Waals surface area contributed by atoms with Crippen LogP contribution in [0.5, 0.6) is 34.5 Å². The van der Waals surface area contributed by atoms with Crippen LogP contribution in [0.15, 0.2) is 36.4 Å². The van der Waals surface area contributed by atoms with E-state index in [1.165, 1.54) is 26.4 Å². The molecule has 0 atom stereocenters. The minimum atomic E-state index is 0. The van der Waals surface area contributed by atoms with Gasteiger partial charge in [0.15, 0.2) is 23.0 Å². The maximum absolute atomic E-state index is 9.15. The second kappa shape index (κ2) is 10.8. The van der Waals surface area contributed by atoms with Crippen LogP contribution in [0.1, 0.15) is 0 Å². The van der Waals surface area contributed by atoms with Crippen molar-refractivity contribution in [1.29, 1.82) is 0 Å². The SMILES string of the molecule is COc1ccc(O)c(OC)c1.COc1ccc(O)c(OC)c1.[Zr]. The summed E-state index contributed by atoms with van der Waals surface area (Å²) in [5.41, 5.74) is 0. The first kappa shape index (κ1) is 21.1. The molecule has 23 heavy (non-hydrogen) atoms. The second-order valence-corrected chi connectivity index (χ2v) is 4.08. The number of hydrogen-bond acceptors (Lipinski definition) is 6. The van der Waals surface area contributed by atoms with Crippen molar-refractivity contribution in [1.82, 2.24) is 0 Å². The molecule has 0 saturated heterocycles. The summed E-state index contributed by atoms with van der Waals surface area (Å²) in [6.45, 7) is 0. The number of ether oxygens (including phenoxy) is 4. The third-order valence-corrected chi connectivity index (χ3v) is 2.77. The van der Waals surface area contributed by atoms with Gasteiger partial charge in [-0.25, -0.2) is 0 Å². The van der Waals surface area contributed by atoms with Crippen LogP contribution in [0.2, 0.25) is 0 Å². The zero-order valence-electron chi connectivity index (χ0n) is 13.5. The quantitative estimate of drug-likeness (QED) is 0.823. The van der Waals surface area contributed by atoms with Gasteiger partial charge in [0.25, 0.3) is 0 Å². The molecule has 0 amide bonds. The number of hydrogen-bond donors (Lipinski definition) is 2. The molecule has 0 bridgehead atoms. The number of phenols is 2. The summed E-state index contributed by atoms with van der Waals surface area (Å²) < 4.78 is 19.6. The molecule has 0 unspecified atom stereocenters. The van der Waals surface area contributed by atoms with Gasteiger partial charge in [-0.05, 0) is 24.3 Å². The first-order chi connectivity index (χ1) is 10.5. The predicted octanol–water partition coefficient (Wildman–Crippen LogP) is 2.82. The maximum Gasteiger partial charge on any atom is 0.164 e. The minimum absolute atomic E-state index is 0. The summed E-state index contributed by atoms with van der Waals surface area (Å²) in [4.78, 5) is 0. The summed E-state index contributed by atoms with van der Waals surface area (Å²) >= 11 is 0. The fraction of sp³-hybridized carbons (Fsp3) is 0.250. The second-order valence-electron chi connectivity index (χ2n) is 4.08. The van der Waals surface area contributed by atoms with Crippen molar-refractivity contribution in [3.8, 4) is 34.5 Å². The van der Waals surface area contributed by atoms with Gasteiger partial charge in [-0.15, -0.1) is 0 Å². The third kappa shape index (κ3) is 6.41. The van der Waals surface area contributed by atoms with Crippen molar-refractivity contribution in [2.45, 2.75) is 0 Å². The Balaban J connectivity index is 0.000000403. The Morgan fingerprint density at radius 3 is 1.22 bits per heavy atom. The van der Waals surface area contributed by atoms with Crippen molar-refractivity contribution in [3.63, 3.8) is 0 Å². The van der Waals surface area contributed by atoms with Crippen molar-refractivity contribution in [3.05, 3.63) is 36.4 Å². The summed E-state index contributed by atoms with van der Waals surface area (Å²) in [6, 6.07) is 9.62. The van der Waals surface area contributed by atoms with Crippen molar-refractivity contribution in [2.75, 3.05) is 28.4 Å². The Kier molecular flexibility index (Phi) is 9.90. The van der Waals surface area contributed by atoms with Crippen molar-refractivity contribution < 1.29 is 55.4 Å². The van der Waals surface area contributed by atoms with Gasteiger partial charge in [0, 0.05) is 38.3 Å². The molecule has 0 aliphatic carbocycles. The van der Waals surface area contributed by atoms with E-state index < -0.39 is 0 Å². The number of methoxy groups -OCH3 is 4. The van der Waals surface area contributed by atoms with Crippen LogP contribution in [0.4, 0.5) is 0 Å². The van der Waals surface area contributed by atoms with Crippen LogP contribution in [0.3, 0.4) is 0 Å². The number of phenolic OH excluding ortho intramolecular Hbond substituents is 2. The minimum Gasteiger partial charge on any atom is -0.504 e. The molecule has 7 heteroatoms. The van der Waals surface area contributed by atoms with E-state index in [1.54, 1.807) is 38.5 Å². The van der Waals surface area contributed by atoms with Gasteiger partial charge in [0.1, 0.15) is 11.5 Å². The molecule has 0 aromatic heterocycles. The molecule has 0 heterocycles. The first-order valence-electron chi connectivity index (χ1n) is 6.37. The Hall–Kier alpha value is -1.88. The Labute approximate surface area is 154 Å². The molecular weight excluding hydrogens is 379 g/mol. The number of benzene rings is 2. The van der Waals surface area contributed by atoms with E-state index in [9.17, 15) is 0 Å². The zero-order valence-corrected chi connectivity index (χ0v) is 15.9. The van der Waals surface area contributed by atoms with E-state index in [-0.39, 0.29) is 37.7 Å². The van der Waals surface area contributed by atoms with Crippen LogP contribution in [0.25, 0.3) is 0 Å². The Morgan fingerprint density at radius 2 is 0.957 bits per heavy atom. The number of aromatic hydroxyl groups is 2. The molecule has 2 rings (SSSR count). The van der Waals surface area contributed by atoms with Crippen molar-refractivity contribution in [2.24, 2.45) is 0 Å². The van der Waals surface area contributed by atoms with E-state index in [0.717, 1.165) is 0 Å². The molecule has 6 nitrogen and oxygen atoms in total. The fourth-order valence-electron chi connectivity index (χ4n) is 1.57. The van der Waals surface area contributed by atoms with E-state index in [0.29, 0.717) is 23.0 Å². The maximum atomic E-state index is 9.15. The van der Waals surface area contributed by atoms with Crippen LogP contribution < -0.4 is 18.9 Å². The van der Waals surface area contributed by atoms with Crippen LogP contribution in [-0.2, 0) is 26.2 Å². The molecule has 2 aromatic rings. The average Bonchev–Trinajstić information content (AvgIpc) is 2.56. The summed E-state index contributed by atoms with van der Waals surface area (Å²) in [7, 11) is 6.11. The summed E-state index contributed by atoms with van der Waals surface area (Å²) in [5, 5.41) is 18.3. The van der Waals surface area contributed by atoms with Gasteiger partial charge >= 0.3 is 0 Å². The molecule has 0 saturated carbocycles. The predicted molar refractivity (Wildman–Crippen MR) is 82.4 cm³/mol. The zero-order chi connectivity index (χ0) is 16.5. The number of rotatable bonds is 4. The molecule has 2 aromatic carbocycles. The summed E-state index contributed by atoms with van der Waals surface area (Å²) in [5.74, 6) is 2.41. The van der Waals surface area contributed by atoms with E-state index in [2.05, 4.69) is 0 Å². The molecule has 124 valence electrons. The van der Waals surface area contributed by atoms with E-state index >= 15 is 0 Å². The van der Waals surface area contributed by atoms with Gasteiger partial charge in [0.2, 0.25) is 0 Å². The standard InChI is InChI=1S/2C8H10O3.Zr/c2*1-10-6-3-4-7(9)8(5-6)11-2;/h2*3-5,9H,1-2H3;. The summed E-state index contributed by atoms with van der Waals surface area (Å²) in [6.07, 6.45) is 0. The van der Waals surface area contributed by atoms with Gasteiger partial charge in [-0.3, -0.25) is 0 Å². The smallest absolute Gasteiger partial charge is 0.164 e. The first-order valence-corrected chi connectivity index (χ1v) is 6.37. The van der Waals surface area contributed by atoms with Crippen LogP contribution in [0, 0.1) is 0 Å². The molecule has 0 radical (unpaired) electrons. The van der Waals surface area contributed by atoms with Gasteiger partial charge in [0.05, 0.1) is 28.4 Å². The van der Waals surface area contributed by atoms with Gasteiger partial charge < -0.3 is 29.2 Å². The Morgan fingerprint density at radius 1 is 0.609 bits per heavy atom. The molecule has 0 fully saturated rings. The van der Waals surface area contributed by atoms with Crippen molar-refractivity contribution >= 4 is 0 Å². The van der Waals surface area contributed by atoms with Gasteiger partial charge in [-0.1, -0.05) is 0 Å². The molecule has 2 N–H and O–H groups in total. The largest absolute Gasteiger partial charge is 0.504 e. The molecular formula is C16H20O6Zr. The van der Waals surface area contributed by atoms with Gasteiger partial charge in [-0.2, -0.15) is 0 Å². The van der Waals surface area contributed by atoms with E-state index in [4.69, 9.17) is 29.2 Å². The molecule has 0 spiro atoms. The third-order valence-electron chi connectivity index (χ3n) is 2.77. The molecule has 0 aliphatic heterocycles. The van der Waals surface area contributed by atoms with Crippen LogP contribution >= 0.6 is 0 Å². The topological polar surface area (TPSA) is 77.4 Å². The Bertz CT molecular complexity index is 550.